The van der Waals surface area contributed by atoms with E-state index in [1.165, 1.54) is 10.5 Å². The van der Waals surface area contributed by atoms with Crippen molar-refractivity contribution in [2.45, 2.75) is 51.5 Å². The summed E-state index contributed by atoms with van der Waals surface area (Å²) in [6.07, 6.45) is 1.02. The number of hydrogen-bond acceptors (Lipinski definition) is 3. The van der Waals surface area contributed by atoms with Gasteiger partial charge in [0.25, 0.3) is 0 Å². The van der Waals surface area contributed by atoms with Crippen LogP contribution in [0.3, 0.4) is 0 Å². The Balaban J connectivity index is 1.61. The summed E-state index contributed by atoms with van der Waals surface area (Å²) in [7, 11) is 0. The molecule has 2 aromatic rings. The van der Waals surface area contributed by atoms with Crippen molar-refractivity contribution in [3.8, 4) is 0 Å². The molecule has 1 aliphatic heterocycles. The molecule has 0 radical (unpaired) electrons. The van der Waals surface area contributed by atoms with E-state index in [-0.39, 0.29) is 24.0 Å². The van der Waals surface area contributed by atoms with Crippen molar-refractivity contribution in [2.24, 2.45) is 0 Å². The molecule has 4 nitrogen and oxygen atoms in total. The molecule has 27 heavy (non-hydrogen) atoms. The number of benzene rings is 2. The van der Waals surface area contributed by atoms with Gasteiger partial charge in [0.1, 0.15) is 6.61 Å². The van der Waals surface area contributed by atoms with Gasteiger partial charge in [-0.15, -0.1) is 0 Å². The molecule has 1 saturated heterocycles. The summed E-state index contributed by atoms with van der Waals surface area (Å²) >= 11 is 0. The molecular weight excluding hydrogens is 338 g/mol. The SMILES string of the molecule is CC(C)(C)c1ccc(CCC(=O)N2C(=O)OCC2Cc2ccccc2)cc1. The summed E-state index contributed by atoms with van der Waals surface area (Å²) in [4.78, 5) is 26.0. The molecule has 0 aromatic heterocycles. The molecule has 1 fully saturated rings. The summed E-state index contributed by atoms with van der Waals surface area (Å²) in [5.41, 5.74) is 3.57. The summed E-state index contributed by atoms with van der Waals surface area (Å²) in [5, 5.41) is 0. The smallest absolute Gasteiger partial charge is 0.416 e. The Morgan fingerprint density at radius 2 is 1.70 bits per heavy atom. The van der Waals surface area contributed by atoms with Gasteiger partial charge in [-0.3, -0.25) is 4.79 Å². The van der Waals surface area contributed by atoms with Crippen LogP contribution in [0.15, 0.2) is 54.6 Å². The predicted molar refractivity (Wildman–Crippen MR) is 106 cm³/mol. The van der Waals surface area contributed by atoms with Gasteiger partial charge >= 0.3 is 6.09 Å². The molecule has 3 rings (SSSR count). The maximum Gasteiger partial charge on any atom is 0.416 e. The summed E-state index contributed by atoms with van der Waals surface area (Å²) in [6, 6.07) is 18.0. The van der Waals surface area contributed by atoms with Crippen LogP contribution in [-0.2, 0) is 27.8 Å². The third kappa shape index (κ3) is 4.76. The highest BCUT2D eigenvalue weighted by molar-refractivity contribution is 5.93. The molecule has 4 heteroatoms. The highest BCUT2D eigenvalue weighted by Crippen LogP contribution is 2.23. The van der Waals surface area contributed by atoms with Gasteiger partial charge in [0, 0.05) is 6.42 Å². The van der Waals surface area contributed by atoms with Crippen molar-refractivity contribution in [3.05, 3.63) is 71.3 Å². The Labute approximate surface area is 161 Å². The molecule has 0 spiro atoms. The lowest BCUT2D eigenvalue weighted by Gasteiger charge is -2.20. The lowest BCUT2D eigenvalue weighted by molar-refractivity contribution is -0.129. The zero-order chi connectivity index (χ0) is 19.4. The lowest BCUT2D eigenvalue weighted by atomic mass is 9.86. The van der Waals surface area contributed by atoms with Crippen LogP contribution in [0.25, 0.3) is 0 Å². The number of carbonyl (C=O) groups excluding carboxylic acids is 2. The fraction of sp³-hybridized carbons (Fsp3) is 0.391. The summed E-state index contributed by atoms with van der Waals surface area (Å²) in [5.74, 6) is -0.168. The Kier molecular flexibility index (Phi) is 5.64. The Hall–Kier alpha value is -2.62. The van der Waals surface area contributed by atoms with Gasteiger partial charge in [0.2, 0.25) is 5.91 Å². The Morgan fingerprint density at radius 1 is 1.04 bits per heavy atom. The zero-order valence-electron chi connectivity index (χ0n) is 16.3. The standard InChI is InChI=1S/C23H27NO3/c1-23(2,3)19-12-9-17(10-13-19)11-14-21(25)24-20(16-27-22(24)26)15-18-7-5-4-6-8-18/h4-10,12-13,20H,11,14-16H2,1-3H3. The van der Waals surface area contributed by atoms with E-state index >= 15 is 0 Å². The summed E-state index contributed by atoms with van der Waals surface area (Å²) < 4.78 is 5.14. The first-order valence-corrected chi connectivity index (χ1v) is 9.47. The van der Waals surface area contributed by atoms with E-state index in [1.807, 2.05) is 30.3 Å². The average Bonchev–Trinajstić information content (AvgIpc) is 3.00. The first kappa shape index (κ1) is 19.2. The molecule has 0 bridgehead atoms. The second-order valence-electron chi connectivity index (χ2n) is 8.13. The molecule has 2 aromatic carbocycles. The van der Waals surface area contributed by atoms with Gasteiger partial charge in [0.05, 0.1) is 6.04 Å². The van der Waals surface area contributed by atoms with E-state index in [0.717, 1.165) is 11.1 Å². The Bertz CT molecular complexity index is 791. The highest BCUT2D eigenvalue weighted by Gasteiger charge is 2.37. The van der Waals surface area contributed by atoms with Crippen LogP contribution < -0.4 is 0 Å². The first-order chi connectivity index (χ1) is 12.8. The number of amides is 2. The molecule has 1 atom stereocenters. The van der Waals surface area contributed by atoms with Crippen LogP contribution in [0.5, 0.6) is 0 Å². The van der Waals surface area contributed by atoms with E-state index < -0.39 is 6.09 Å². The van der Waals surface area contributed by atoms with Crippen LogP contribution in [0.1, 0.15) is 43.9 Å². The molecule has 142 valence electrons. The normalized spacial score (nSPS) is 17.1. The maximum absolute atomic E-state index is 12.7. The monoisotopic (exact) mass is 365 g/mol. The number of cyclic esters (lactones) is 1. The minimum absolute atomic E-state index is 0.109. The van der Waals surface area contributed by atoms with E-state index in [9.17, 15) is 9.59 Å². The van der Waals surface area contributed by atoms with Gasteiger partial charge in [0.15, 0.2) is 0 Å². The largest absolute Gasteiger partial charge is 0.447 e. The number of aryl methyl sites for hydroxylation is 1. The maximum atomic E-state index is 12.7. The van der Waals surface area contributed by atoms with Crippen LogP contribution in [0.2, 0.25) is 0 Å². The molecule has 0 saturated carbocycles. The lowest BCUT2D eigenvalue weighted by Crippen LogP contribution is -2.40. The number of rotatable bonds is 5. The molecule has 1 heterocycles. The minimum Gasteiger partial charge on any atom is -0.447 e. The number of imide groups is 1. The molecule has 2 amide bonds. The van der Waals surface area contributed by atoms with Crippen LogP contribution in [0.4, 0.5) is 4.79 Å². The first-order valence-electron chi connectivity index (χ1n) is 9.47. The van der Waals surface area contributed by atoms with E-state index in [0.29, 0.717) is 19.3 Å². The van der Waals surface area contributed by atoms with Gasteiger partial charge in [-0.2, -0.15) is 0 Å². The zero-order valence-corrected chi connectivity index (χ0v) is 16.3. The van der Waals surface area contributed by atoms with E-state index in [1.54, 1.807) is 0 Å². The second kappa shape index (κ2) is 7.95. The van der Waals surface area contributed by atoms with Crippen molar-refractivity contribution in [1.29, 1.82) is 0 Å². The van der Waals surface area contributed by atoms with Crippen molar-refractivity contribution in [1.82, 2.24) is 4.90 Å². The molecule has 1 aliphatic rings. The fourth-order valence-electron chi connectivity index (χ4n) is 3.35. The highest BCUT2D eigenvalue weighted by atomic mass is 16.6. The van der Waals surface area contributed by atoms with Crippen molar-refractivity contribution in [2.75, 3.05) is 6.61 Å². The minimum atomic E-state index is -0.524. The predicted octanol–water partition coefficient (Wildman–Crippen LogP) is 4.51. The second-order valence-corrected chi connectivity index (χ2v) is 8.13. The number of carbonyl (C=O) groups is 2. The quantitative estimate of drug-likeness (QED) is 0.783. The third-order valence-corrected chi connectivity index (χ3v) is 4.99. The van der Waals surface area contributed by atoms with E-state index in [4.69, 9.17) is 4.74 Å². The molecule has 1 unspecified atom stereocenters. The van der Waals surface area contributed by atoms with Gasteiger partial charge in [-0.05, 0) is 34.9 Å². The number of ether oxygens (including phenoxy) is 1. The Morgan fingerprint density at radius 3 is 2.33 bits per heavy atom. The van der Waals surface area contributed by atoms with Crippen molar-refractivity contribution < 1.29 is 14.3 Å². The number of hydrogen-bond donors (Lipinski definition) is 0. The van der Waals surface area contributed by atoms with Gasteiger partial charge in [-0.25, -0.2) is 9.69 Å². The average molecular weight is 365 g/mol. The van der Waals surface area contributed by atoms with Gasteiger partial charge < -0.3 is 4.74 Å². The topological polar surface area (TPSA) is 46.6 Å². The van der Waals surface area contributed by atoms with Crippen LogP contribution in [-0.4, -0.2) is 29.5 Å². The molecular formula is C23H27NO3. The fourth-order valence-corrected chi connectivity index (χ4v) is 3.35. The van der Waals surface area contributed by atoms with Crippen LogP contribution in [0, 0.1) is 0 Å². The molecule has 0 N–H and O–H groups in total. The van der Waals surface area contributed by atoms with Crippen molar-refractivity contribution >= 4 is 12.0 Å². The summed E-state index contributed by atoms with van der Waals surface area (Å²) in [6.45, 7) is 6.80. The van der Waals surface area contributed by atoms with E-state index in [2.05, 4.69) is 45.0 Å². The number of nitrogens with zero attached hydrogens (tertiary/aromatic N) is 1. The third-order valence-electron chi connectivity index (χ3n) is 4.99. The molecule has 0 aliphatic carbocycles. The van der Waals surface area contributed by atoms with Gasteiger partial charge in [-0.1, -0.05) is 75.4 Å². The van der Waals surface area contributed by atoms with Crippen molar-refractivity contribution in [3.63, 3.8) is 0 Å². The van der Waals surface area contributed by atoms with Crippen LogP contribution >= 0.6 is 0 Å².